The first-order valence-electron chi connectivity index (χ1n) is 11.2. The molecule has 2 amide bonds. The maximum absolute atomic E-state index is 12.5. The second-order valence-electron chi connectivity index (χ2n) is 7.97. The maximum Gasteiger partial charge on any atom is 0.317 e. The molecule has 4 rings (SSSR count). The van der Waals surface area contributed by atoms with E-state index >= 15 is 0 Å². The number of urea groups is 1. The highest BCUT2D eigenvalue weighted by Crippen LogP contribution is 2.17. The summed E-state index contributed by atoms with van der Waals surface area (Å²) in [7, 11) is 1.66. The van der Waals surface area contributed by atoms with Gasteiger partial charge >= 0.3 is 6.03 Å². The minimum Gasteiger partial charge on any atom is -0.497 e. The van der Waals surface area contributed by atoms with Crippen molar-refractivity contribution in [3.8, 4) is 17.1 Å². The Morgan fingerprint density at radius 1 is 1.00 bits per heavy atom. The minimum absolute atomic E-state index is 0.0270. The van der Waals surface area contributed by atoms with E-state index in [2.05, 4.69) is 31.9 Å². The molecule has 0 atom stereocenters. The largest absolute Gasteiger partial charge is 0.497 e. The van der Waals surface area contributed by atoms with Crippen LogP contribution in [0.2, 0.25) is 0 Å². The number of aromatic nitrogens is 2. The standard InChI is InChI=1S/C25H31N5O2/c1-32-23-9-7-21(8-10-23)11-12-27-25(31)30-19-16-28(17-20-30)15-18-29-14-13-26-24(29)22-5-3-2-4-6-22/h2-10,13-14H,11-12,15-20H2,1H3,(H,27,31). The molecule has 1 aliphatic heterocycles. The van der Waals surface area contributed by atoms with Crippen LogP contribution in [0.15, 0.2) is 67.0 Å². The lowest BCUT2D eigenvalue weighted by atomic mass is 10.1. The Balaban J connectivity index is 1.17. The number of benzene rings is 2. The van der Waals surface area contributed by atoms with Gasteiger partial charge in [0.2, 0.25) is 0 Å². The molecule has 32 heavy (non-hydrogen) atoms. The number of nitrogens with one attached hydrogen (secondary N) is 1. The molecule has 2 aromatic carbocycles. The fraction of sp³-hybridized carbons (Fsp3) is 0.360. The predicted molar refractivity (Wildman–Crippen MR) is 126 cm³/mol. The number of hydrogen-bond acceptors (Lipinski definition) is 4. The molecule has 1 aromatic heterocycles. The van der Waals surface area contributed by atoms with Crippen molar-refractivity contribution in [2.45, 2.75) is 13.0 Å². The lowest BCUT2D eigenvalue weighted by molar-refractivity contribution is 0.137. The van der Waals surface area contributed by atoms with Crippen LogP contribution in [0.3, 0.4) is 0 Å². The Bertz CT molecular complexity index is 979. The van der Waals surface area contributed by atoms with Crippen molar-refractivity contribution in [3.05, 3.63) is 72.6 Å². The molecule has 1 fully saturated rings. The first-order chi connectivity index (χ1) is 15.7. The molecular formula is C25H31N5O2. The van der Waals surface area contributed by atoms with Crippen LogP contribution < -0.4 is 10.1 Å². The third-order valence-corrected chi connectivity index (χ3v) is 5.91. The molecule has 1 saturated heterocycles. The third-order valence-electron chi connectivity index (χ3n) is 5.91. The molecular weight excluding hydrogens is 402 g/mol. The van der Waals surface area contributed by atoms with Crippen molar-refractivity contribution in [2.75, 3.05) is 46.4 Å². The number of amides is 2. The summed E-state index contributed by atoms with van der Waals surface area (Å²) in [5.41, 5.74) is 2.32. The van der Waals surface area contributed by atoms with Crippen LogP contribution in [-0.4, -0.2) is 71.8 Å². The molecule has 1 aliphatic rings. The molecule has 168 valence electrons. The van der Waals surface area contributed by atoms with Gasteiger partial charge in [0.25, 0.3) is 0 Å². The lowest BCUT2D eigenvalue weighted by Gasteiger charge is -2.34. The molecule has 0 saturated carbocycles. The topological polar surface area (TPSA) is 62.6 Å². The van der Waals surface area contributed by atoms with Gasteiger partial charge in [-0.05, 0) is 24.1 Å². The summed E-state index contributed by atoms with van der Waals surface area (Å²) in [6.07, 6.45) is 4.70. The van der Waals surface area contributed by atoms with Crippen LogP contribution in [0.5, 0.6) is 5.75 Å². The Morgan fingerprint density at radius 3 is 2.47 bits per heavy atom. The van der Waals surface area contributed by atoms with Gasteiger partial charge in [0.05, 0.1) is 7.11 Å². The first kappa shape index (κ1) is 21.9. The molecule has 1 N–H and O–H groups in total. The molecule has 0 radical (unpaired) electrons. The zero-order chi connectivity index (χ0) is 22.2. The highest BCUT2D eigenvalue weighted by molar-refractivity contribution is 5.74. The van der Waals surface area contributed by atoms with Crippen LogP contribution in [0.25, 0.3) is 11.4 Å². The van der Waals surface area contributed by atoms with Crippen molar-refractivity contribution < 1.29 is 9.53 Å². The van der Waals surface area contributed by atoms with E-state index in [0.717, 1.165) is 62.8 Å². The number of ether oxygens (including phenoxy) is 1. The molecule has 7 heteroatoms. The Kier molecular flexibility index (Phi) is 7.40. The third kappa shape index (κ3) is 5.68. The zero-order valence-corrected chi connectivity index (χ0v) is 18.6. The van der Waals surface area contributed by atoms with Gasteiger partial charge in [-0.3, -0.25) is 4.90 Å². The van der Waals surface area contributed by atoms with Crippen molar-refractivity contribution in [1.29, 1.82) is 0 Å². The average molecular weight is 434 g/mol. The second-order valence-corrected chi connectivity index (χ2v) is 7.97. The van der Waals surface area contributed by atoms with Gasteiger partial charge in [0.15, 0.2) is 0 Å². The van der Waals surface area contributed by atoms with Crippen molar-refractivity contribution in [1.82, 2.24) is 24.7 Å². The van der Waals surface area contributed by atoms with Crippen LogP contribution in [0, 0.1) is 0 Å². The normalized spacial score (nSPS) is 14.3. The van der Waals surface area contributed by atoms with E-state index in [1.807, 2.05) is 59.8 Å². The van der Waals surface area contributed by atoms with Crippen molar-refractivity contribution in [3.63, 3.8) is 0 Å². The number of imidazole rings is 1. The molecule has 0 unspecified atom stereocenters. The molecule has 3 aromatic rings. The zero-order valence-electron chi connectivity index (χ0n) is 18.6. The molecule has 2 heterocycles. The van der Waals surface area contributed by atoms with Gasteiger partial charge in [0, 0.05) is 63.8 Å². The summed E-state index contributed by atoms with van der Waals surface area (Å²) in [6.45, 7) is 5.76. The van der Waals surface area contributed by atoms with Gasteiger partial charge in [-0.1, -0.05) is 42.5 Å². The van der Waals surface area contributed by atoms with E-state index in [4.69, 9.17) is 4.74 Å². The van der Waals surface area contributed by atoms with Gasteiger partial charge in [0.1, 0.15) is 11.6 Å². The number of hydrogen-bond donors (Lipinski definition) is 1. The average Bonchev–Trinajstić information content (AvgIpc) is 3.33. The van der Waals surface area contributed by atoms with Crippen LogP contribution in [0.4, 0.5) is 4.79 Å². The fourth-order valence-corrected chi connectivity index (χ4v) is 3.98. The highest BCUT2D eigenvalue weighted by Gasteiger charge is 2.20. The smallest absolute Gasteiger partial charge is 0.317 e. The number of carbonyl (C=O) groups excluding carboxylic acids is 1. The van der Waals surface area contributed by atoms with Gasteiger partial charge < -0.3 is 19.5 Å². The van der Waals surface area contributed by atoms with E-state index in [1.165, 1.54) is 5.56 Å². The van der Waals surface area contributed by atoms with E-state index in [0.29, 0.717) is 6.54 Å². The Hall–Kier alpha value is -3.32. The Labute approximate surface area is 189 Å². The summed E-state index contributed by atoms with van der Waals surface area (Å²) < 4.78 is 7.38. The van der Waals surface area contributed by atoms with Crippen LogP contribution in [0.1, 0.15) is 5.56 Å². The summed E-state index contributed by atoms with van der Waals surface area (Å²) in [5.74, 6) is 1.85. The van der Waals surface area contributed by atoms with Crippen molar-refractivity contribution in [2.24, 2.45) is 0 Å². The Morgan fingerprint density at radius 2 is 1.75 bits per heavy atom. The summed E-state index contributed by atoms with van der Waals surface area (Å²) >= 11 is 0. The number of methoxy groups -OCH3 is 1. The monoisotopic (exact) mass is 433 g/mol. The number of nitrogens with zero attached hydrogens (tertiary/aromatic N) is 4. The number of rotatable bonds is 8. The van der Waals surface area contributed by atoms with Crippen LogP contribution in [-0.2, 0) is 13.0 Å². The van der Waals surface area contributed by atoms with E-state index < -0.39 is 0 Å². The molecule has 0 aliphatic carbocycles. The van der Waals surface area contributed by atoms with E-state index in [-0.39, 0.29) is 6.03 Å². The van der Waals surface area contributed by atoms with E-state index in [9.17, 15) is 4.79 Å². The predicted octanol–water partition coefficient (Wildman–Crippen LogP) is 3.13. The van der Waals surface area contributed by atoms with Gasteiger partial charge in [-0.25, -0.2) is 9.78 Å². The van der Waals surface area contributed by atoms with Gasteiger partial charge in [-0.2, -0.15) is 0 Å². The summed E-state index contributed by atoms with van der Waals surface area (Å²) in [6, 6.07) is 18.3. The second kappa shape index (κ2) is 10.8. The first-order valence-corrected chi connectivity index (χ1v) is 11.2. The lowest BCUT2D eigenvalue weighted by Crippen LogP contribution is -2.52. The number of carbonyl (C=O) groups is 1. The highest BCUT2D eigenvalue weighted by atomic mass is 16.5. The van der Waals surface area contributed by atoms with Crippen molar-refractivity contribution >= 4 is 6.03 Å². The molecule has 0 bridgehead atoms. The SMILES string of the molecule is COc1ccc(CCNC(=O)N2CCN(CCn3ccnc3-c3ccccc3)CC2)cc1. The minimum atomic E-state index is 0.0270. The van der Waals surface area contributed by atoms with Crippen LogP contribution >= 0.6 is 0 Å². The van der Waals surface area contributed by atoms with E-state index in [1.54, 1.807) is 7.11 Å². The maximum atomic E-state index is 12.5. The molecule has 0 spiro atoms. The summed E-state index contributed by atoms with van der Waals surface area (Å²) in [4.78, 5) is 21.4. The fourth-order valence-electron chi connectivity index (χ4n) is 3.98. The summed E-state index contributed by atoms with van der Waals surface area (Å²) in [5, 5.41) is 3.05. The molecule has 7 nitrogen and oxygen atoms in total. The quantitative estimate of drug-likeness (QED) is 0.593. The number of piperazine rings is 1. The van der Waals surface area contributed by atoms with Gasteiger partial charge in [-0.15, -0.1) is 0 Å².